The first-order chi connectivity index (χ1) is 13.2. The summed E-state index contributed by atoms with van der Waals surface area (Å²) >= 11 is 0. The molecule has 1 aromatic heterocycles. The first-order valence-electron chi connectivity index (χ1n) is 10.3. The van der Waals surface area contributed by atoms with Gasteiger partial charge in [-0.15, -0.1) is 0 Å². The molecule has 0 fully saturated rings. The van der Waals surface area contributed by atoms with E-state index in [0.29, 0.717) is 11.7 Å². The summed E-state index contributed by atoms with van der Waals surface area (Å²) in [6.07, 6.45) is 7.95. The van der Waals surface area contributed by atoms with Crippen LogP contribution in [-0.2, 0) is 10.8 Å². The second-order valence-corrected chi connectivity index (χ2v) is 13.7. The summed E-state index contributed by atoms with van der Waals surface area (Å²) in [4.78, 5) is 7.70. The van der Waals surface area contributed by atoms with E-state index in [9.17, 15) is 0 Å². The van der Waals surface area contributed by atoms with Crippen molar-refractivity contribution in [2.45, 2.75) is 83.5 Å². The number of hydrogen-bond donors (Lipinski definition) is 0. The molecule has 2 aromatic rings. The van der Waals surface area contributed by atoms with Crippen LogP contribution in [0.1, 0.15) is 70.4 Å². The molecule has 4 nitrogen and oxygen atoms in total. The van der Waals surface area contributed by atoms with Crippen molar-refractivity contribution in [1.29, 1.82) is 0 Å². The molecule has 5 heteroatoms. The summed E-state index contributed by atoms with van der Waals surface area (Å²) in [5.41, 5.74) is 1.41. The molecule has 1 unspecified atom stereocenters. The van der Waals surface area contributed by atoms with Gasteiger partial charge in [-0.3, -0.25) is 0 Å². The molecule has 28 heavy (non-hydrogen) atoms. The largest absolute Gasteiger partial charge is 0.441 e. The number of oxazole rings is 1. The van der Waals surface area contributed by atoms with Gasteiger partial charge in [0.1, 0.15) is 12.4 Å². The molecule has 1 aromatic carbocycles. The maximum Gasteiger partial charge on any atom is 0.315 e. The molecular formula is C23H34N2O2Si. The number of hydrogen-bond acceptors (Lipinski definition) is 3. The zero-order valence-electron chi connectivity index (χ0n) is 18.0. The van der Waals surface area contributed by atoms with Gasteiger partial charge in [-0.25, -0.2) is 0 Å². The zero-order valence-corrected chi connectivity index (χ0v) is 19.0. The molecule has 0 saturated heterocycles. The predicted octanol–water partition coefficient (Wildman–Crippen LogP) is 7.48. The van der Waals surface area contributed by atoms with Crippen LogP contribution < -0.4 is 0 Å². The minimum Gasteiger partial charge on any atom is -0.441 e. The summed E-state index contributed by atoms with van der Waals surface area (Å²) in [6, 6.07) is 10.7. The fourth-order valence-electron chi connectivity index (χ4n) is 2.90. The van der Waals surface area contributed by atoms with Gasteiger partial charge in [0.05, 0.1) is 0 Å². The zero-order chi connectivity index (χ0) is 20.6. The molecule has 0 bridgehead atoms. The Bertz CT molecular complexity index is 757. The van der Waals surface area contributed by atoms with Crippen LogP contribution >= 0.6 is 0 Å². The highest BCUT2D eigenvalue weighted by Crippen LogP contribution is 2.41. The topological polar surface area (TPSA) is 39.6 Å². The van der Waals surface area contributed by atoms with Crippen LogP contribution in [0.3, 0.4) is 0 Å². The Morgan fingerprint density at radius 2 is 1.79 bits per heavy atom. The number of benzene rings is 1. The predicted molar refractivity (Wildman–Crippen MR) is 117 cm³/mol. The van der Waals surface area contributed by atoms with Gasteiger partial charge in [-0.1, -0.05) is 81.9 Å². The van der Waals surface area contributed by atoms with Crippen molar-refractivity contribution in [3.05, 3.63) is 59.5 Å². The summed E-state index contributed by atoms with van der Waals surface area (Å²) in [7, 11) is -1.95. The standard InChI is InChI=1S/C23H34N2O2Si/c1-23(2,3)28(5,6)27-20(22-25-21(24-4)18-26-22)17-13-8-7-10-14-19-15-11-9-12-16-19/h9,11-12,15-16,18,20H,7-8,10,13-14,17H2,1-3,5-6H3. The van der Waals surface area contributed by atoms with E-state index in [1.165, 1.54) is 31.1 Å². The molecule has 2 rings (SSSR count). The van der Waals surface area contributed by atoms with Gasteiger partial charge in [0.15, 0.2) is 8.32 Å². The lowest BCUT2D eigenvalue weighted by Crippen LogP contribution is -2.41. The molecule has 0 aliphatic carbocycles. The summed E-state index contributed by atoms with van der Waals surface area (Å²) < 4.78 is 12.2. The Hall–Kier alpha value is -1.90. The Morgan fingerprint density at radius 3 is 2.39 bits per heavy atom. The third-order valence-electron chi connectivity index (χ3n) is 5.67. The van der Waals surface area contributed by atoms with Crippen LogP contribution in [0, 0.1) is 6.57 Å². The second-order valence-electron chi connectivity index (χ2n) is 8.96. The third kappa shape index (κ3) is 6.61. The van der Waals surface area contributed by atoms with Crippen molar-refractivity contribution in [3.8, 4) is 0 Å². The second kappa shape index (κ2) is 10.0. The van der Waals surface area contributed by atoms with E-state index in [2.05, 4.69) is 74.0 Å². The van der Waals surface area contributed by atoms with Crippen molar-refractivity contribution < 1.29 is 8.84 Å². The monoisotopic (exact) mass is 398 g/mol. The third-order valence-corrected chi connectivity index (χ3v) is 10.2. The van der Waals surface area contributed by atoms with Crippen LogP contribution in [0.25, 0.3) is 4.85 Å². The van der Waals surface area contributed by atoms with Crippen molar-refractivity contribution in [3.63, 3.8) is 0 Å². The van der Waals surface area contributed by atoms with E-state index in [1.807, 2.05) is 0 Å². The maximum absolute atomic E-state index is 7.13. The summed E-state index contributed by atoms with van der Waals surface area (Å²) in [6.45, 7) is 18.3. The number of aryl methyl sites for hydroxylation is 1. The summed E-state index contributed by atoms with van der Waals surface area (Å²) in [5.74, 6) is 0.863. The normalized spacial score (nSPS) is 13.3. The van der Waals surface area contributed by atoms with Gasteiger partial charge in [0, 0.05) is 0 Å². The molecule has 0 N–H and O–H groups in total. The molecule has 0 aliphatic rings. The fraction of sp³-hybridized carbons (Fsp3) is 0.565. The Balaban J connectivity index is 1.88. The molecule has 0 aliphatic heterocycles. The number of rotatable bonds is 10. The molecule has 0 radical (unpaired) electrons. The lowest BCUT2D eigenvalue weighted by Gasteiger charge is -2.38. The van der Waals surface area contributed by atoms with Crippen molar-refractivity contribution in [2.24, 2.45) is 0 Å². The lowest BCUT2D eigenvalue weighted by atomic mass is 10.0. The van der Waals surface area contributed by atoms with Gasteiger partial charge in [-0.05, 0) is 43.0 Å². The average molecular weight is 399 g/mol. The van der Waals surface area contributed by atoms with E-state index < -0.39 is 8.32 Å². The van der Waals surface area contributed by atoms with Crippen molar-refractivity contribution in [2.75, 3.05) is 0 Å². The molecule has 152 valence electrons. The van der Waals surface area contributed by atoms with Crippen molar-refractivity contribution in [1.82, 2.24) is 4.98 Å². The summed E-state index contributed by atoms with van der Waals surface area (Å²) in [5, 5.41) is 0.121. The van der Waals surface area contributed by atoms with E-state index in [4.69, 9.17) is 15.4 Å². The molecule has 1 heterocycles. The van der Waals surface area contributed by atoms with Crippen LogP contribution in [0.4, 0.5) is 5.82 Å². The van der Waals surface area contributed by atoms with Gasteiger partial charge >= 0.3 is 11.7 Å². The highest BCUT2D eigenvalue weighted by molar-refractivity contribution is 6.74. The Labute approximate surface area is 171 Å². The van der Waals surface area contributed by atoms with Crippen molar-refractivity contribution >= 4 is 14.1 Å². The highest BCUT2D eigenvalue weighted by atomic mass is 28.4. The van der Waals surface area contributed by atoms with E-state index in [0.717, 1.165) is 19.3 Å². The van der Waals surface area contributed by atoms with Gasteiger partial charge in [0.25, 0.3) is 0 Å². The fourth-order valence-corrected chi connectivity index (χ4v) is 4.18. The van der Waals surface area contributed by atoms with Crippen LogP contribution in [-0.4, -0.2) is 13.3 Å². The SMILES string of the molecule is [C-]#[N+]c1coc(C(CCCCCCc2ccccc2)O[Si](C)(C)C(C)(C)C)n1. The van der Waals surface area contributed by atoms with Crippen LogP contribution in [0.15, 0.2) is 41.0 Å². The molecular weight excluding hydrogens is 364 g/mol. The molecule has 0 saturated carbocycles. The number of nitrogens with zero attached hydrogens (tertiary/aromatic N) is 2. The molecule has 0 spiro atoms. The van der Waals surface area contributed by atoms with Gasteiger partial charge in [0.2, 0.25) is 0 Å². The van der Waals surface area contributed by atoms with Gasteiger partial charge < -0.3 is 13.7 Å². The Kier molecular flexibility index (Phi) is 8.03. The van der Waals surface area contributed by atoms with E-state index in [-0.39, 0.29) is 11.1 Å². The lowest BCUT2D eigenvalue weighted by molar-refractivity contribution is 0.138. The number of unbranched alkanes of at least 4 members (excludes halogenated alkanes) is 3. The smallest absolute Gasteiger partial charge is 0.315 e. The van der Waals surface area contributed by atoms with Crippen LogP contribution in [0.5, 0.6) is 0 Å². The number of aromatic nitrogens is 1. The molecule has 1 atom stereocenters. The maximum atomic E-state index is 7.13. The average Bonchev–Trinajstić information content (AvgIpc) is 3.12. The van der Waals surface area contributed by atoms with E-state index >= 15 is 0 Å². The minimum absolute atomic E-state index is 0.121. The highest BCUT2D eigenvalue weighted by Gasteiger charge is 2.41. The Morgan fingerprint density at radius 1 is 1.11 bits per heavy atom. The van der Waals surface area contributed by atoms with Crippen LogP contribution in [0.2, 0.25) is 18.1 Å². The van der Waals surface area contributed by atoms with E-state index in [1.54, 1.807) is 0 Å². The molecule has 0 amide bonds. The van der Waals surface area contributed by atoms with Gasteiger partial charge in [-0.2, -0.15) is 0 Å². The quantitative estimate of drug-likeness (QED) is 0.236. The minimum atomic E-state index is -1.95. The first-order valence-corrected chi connectivity index (χ1v) is 13.2. The first kappa shape index (κ1) is 22.4.